The van der Waals surface area contributed by atoms with Gasteiger partial charge in [0.25, 0.3) is 0 Å². The molecule has 0 spiro atoms. The molecule has 15 heavy (non-hydrogen) atoms. The fourth-order valence-electron chi connectivity index (χ4n) is 1.45. The van der Waals surface area contributed by atoms with Gasteiger partial charge in [0.1, 0.15) is 0 Å². The van der Waals surface area contributed by atoms with E-state index in [1.54, 1.807) is 6.20 Å². The molecular formula is C12H13NO2. The Labute approximate surface area is 88.4 Å². The fraction of sp³-hybridized carbons (Fsp3) is 0.250. The van der Waals surface area contributed by atoms with Crippen LogP contribution < -0.4 is 0 Å². The van der Waals surface area contributed by atoms with E-state index in [0.29, 0.717) is 12.3 Å². The summed E-state index contributed by atoms with van der Waals surface area (Å²) in [6, 6.07) is 8.05. The molecule has 0 amide bonds. The van der Waals surface area contributed by atoms with Crippen molar-refractivity contribution in [1.82, 2.24) is 4.98 Å². The lowest BCUT2D eigenvalue weighted by Crippen LogP contribution is -1.88. The molecule has 78 valence electrons. The van der Waals surface area contributed by atoms with E-state index in [9.17, 15) is 0 Å². The van der Waals surface area contributed by atoms with Crippen LogP contribution in [0.15, 0.2) is 34.9 Å². The number of aryl methyl sites for hydroxylation is 1. The molecule has 3 heteroatoms. The lowest BCUT2D eigenvalue weighted by molar-refractivity contribution is 0.285. The van der Waals surface area contributed by atoms with E-state index in [-0.39, 0.29) is 6.61 Å². The van der Waals surface area contributed by atoms with Gasteiger partial charge in [0.15, 0.2) is 11.7 Å². The number of hydrogen-bond donors (Lipinski definition) is 1. The SMILES string of the molecule is Cc1cccc(-c2cnc(CCO)o2)c1. The average molecular weight is 203 g/mol. The molecule has 0 aliphatic rings. The normalized spacial score (nSPS) is 10.5. The average Bonchev–Trinajstić information content (AvgIpc) is 2.67. The Morgan fingerprint density at radius 1 is 1.40 bits per heavy atom. The number of benzene rings is 1. The molecule has 0 atom stereocenters. The molecule has 1 heterocycles. The number of oxazole rings is 1. The maximum atomic E-state index is 8.74. The monoisotopic (exact) mass is 203 g/mol. The van der Waals surface area contributed by atoms with Crippen LogP contribution in [-0.4, -0.2) is 16.7 Å². The highest BCUT2D eigenvalue weighted by Gasteiger charge is 2.05. The van der Waals surface area contributed by atoms with Crippen molar-refractivity contribution in [3.63, 3.8) is 0 Å². The second-order valence-electron chi connectivity index (χ2n) is 3.46. The summed E-state index contributed by atoms with van der Waals surface area (Å²) in [5, 5.41) is 8.74. The van der Waals surface area contributed by atoms with E-state index in [2.05, 4.69) is 4.98 Å². The van der Waals surface area contributed by atoms with Crippen molar-refractivity contribution >= 4 is 0 Å². The van der Waals surface area contributed by atoms with E-state index in [4.69, 9.17) is 9.52 Å². The third-order valence-electron chi connectivity index (χ3n) is 2.18. The molecule has 0 radical (unpaired) electrons. The molecule has 2 rings (SSSR count). The molecule has 0 aliphatic carbocycles. The van der Waals surface area contributed by atoms with Crippen LogP contribution in [-0.2, 0) is 6.42 Å². The zero-order valence-electron chi connectivity index (χ0n) is 8.60. The van der Waals surface area contributed by atoms with E-state index in [0.717, 1.165) is 11.3 Å². The van der Waals surface area contributed by atoms with Crippen molar-refractivity contribution in [3.8, 4) is 11.3 Å². The van der Waals surface area contributed by atoms with Crippen molar-refractivity contribution < 1.29 is 9.52 Å². The van der Waals surface area contributed by atoms with E-state index in [1.807, 2.05) is 31.2 Å². The first-order chi connectivity index (χ1) is 7.29. The Bertz CT molecular complexity index is 448. The minimum atomic E-state index is 0.0633. The van der Waals surface area contributed by atoms with Crippen LogP contribution in [0.5, 0.6) is 0 Å². The van der Waals surface area contributed by atoms with E-state index in [1.165, 1.54) is 5.56 Å². The molecule has 3 nitrogen and oxygen atoms in total. The molecule has 2 aromatic rings. The van der Waals surface area contributed by atoms with Crippen molar-refractivity contribution in [1.29, 1.82) is 0 Å². The molecule has 0 saturated carbocycles. The molecule has 0 saturated heterocycles. The van der Waals surface area contributed by atoms with Crippen LogP contribution in [0, 0.1) is 6.92 Å². The number of aromatic nitrogens is 1. The highest BCUT2D eigenvalue weighted by Crippen LogP contribution is 2.21. The van der Waals surface area contributed by atoms with Gasteiger partial charge in [0.2, 0.25) is 0 Å². The van der Waals surface area contributed by atoms with E-state index < -0.39 is 0 Å². The highest BCUT2D eigenvalue weighted by molar-refractivity contribution is 5.57. The van der Waals surface area contributed by atoms with Gasteiger partial charge in [-0.25, -0.2) is 4.98 Å². The summed E-state index contributed by atoms with van der Waals surface area (Å²) in [5.74, 6) is 1.33. The molecule has 0 unspecified atom stereocenters. The quantitative estimate of drug-likeness (QED) is 0.831. The zero-order chi connectivity index (χ0) is 10.7. The number of aliphatic hydroxyl groups is 1. The number of rotatable bonds is 3. The van der Waals surface area contributed by atoms with Crippen LogP contribution in [0.25, 0.3) is 11.3 Å². The summed E-state index contributed by atoms with van der Waals surface area (Å²) in [5.41, 5.74) is 2.21. The summed E-state index contributed by atoms with van der Waals surface area (Å²) in [6.07, 6.45) is 2.16. The van der Waals surface area contributed by atoms with Gasteiger partial charge in [-0.1, -0.05) is 23.8 Å². The molecule has 1 aromatic heterocycles. The van der Waals surface area contributed by atoms with Gasteiger partial charge in [-0.15, -0.1) is 0 Å². The molecular weight excluding hydrogens is 190 g/mol. The molecule has 0 bridgehead atoms. The van der Waals surface area contributed by atoms with Crippen molar-refractivity contribution in [2.75, 3.05) is 6.61 Å². The van der Waals surface area contributed by atoms with Crippen LogP contribution in [0.2, 0.25) is 0 Å². The first kappa shape index (κ1) is 9.93. The van der Waals surface area contributed by atoms with Crippen molar-refractivity contribution in [3.05, 3.63) is 41.9 Å². The summed E-state index contributed by atoms with van der Waals surface area (Å²) < 4.78 is 5.49. The Kier molecular flexibility index (Phi) is 2.83. The third kappa shape index (κ3) is 2.25. The summed E-state index contributed by atoms with van der Waals surface area (Å²) in [7, 11) is 0. The van der Waals surface area contributed by atoms with Crippen LogP contribution in [0.4, 0.5) is 0 Å². The summed E-state index contributed by atoms with van der Waals surface area (Å²) >= 11 is 0. The maximum Gasteiger partial charge on any atom is 0.197 e. The first-order valence-electron chi connectivity index (χ1n) is 4.92. The maximum absolute atomic E-state index is 8.74. The predicted molar refractivity (Wildman–Crippen MR) is 57.5 cm³/mol. The molecule has 0 fully saturated rings. The zero-order valence-corrected chi connectivity index (χ0v) is 8.60. The molecule has 1 N–H and O–H groups in total. The topological polar surface area (TPSA) is 46.3 Å². The molecule has 1 aromatic carbocycles. The van der Waals surface area contributed by atoms with Crippen molar-refractivity contribution in [2.24, 2.45) is 0 Å². The van der Waals surface area contributed by atoms with Crippen LogP contribution in [0.1, 0.15) is 11.5 Å². The number of nitrogens with zero attached hydrogens (tertiary/aromatic N) is 1. The van der Waals surface area contributed by atoms with Gasteiger partial charge < -0.3 is 9.52 Å². The summed E-state index contributed by atoms with van der Waals surface area (Å²) in [6.45, 7) is 2.10. The fourth-order valence-corrected chi connectivity index (χ4v) is 1.45. The van der Waals surface area contributed by atoms with Gasteiger partial charge in [-0.2, -0.15) is 0 Å². The van der Waals surface area contributed by atoms with Crippen LogP contribution >= 0.6 is 0 Å². The molecule has 0 aliphatic heterocycles. The Morgan fingerprint density at radius 2 is 2.27 bits per heavy atom. The predicted octanol–water partition coefficient (Wildman–Crippen LogP) is 2.18. The number of aliphatic hydroxyl groups excluding tert-OH is 1. The van der Waals surface area contributed by atoms with Crippen LogP contribution in [0.3, 0.4) is 0 Å². The van der Waals surface area contributed by atoms with Gasteiger partial charge >= 0.3 is 0 Å². The second-order valence-corrected chi connectivity index (χ2v) is 3.46. The first-order valence-corrected chi connectivity index (χ1v) is 4.92. The lowest BCUT2D eigenvalue weighted by Gasteiger charge is -1.97. The standard InChI is InChI=1S/C12H13NO2/c1-9-3-2-4-10(7-9)11-8-13-12(15-11)5-6-14/h2-4,7-8,14H,5-6H2,1H3. The van der Waals surface area contributed by atoms with E-state index >= 15 is 0 Å². The smallest absolute Gasteiger partial charge is 0.197 e. The van der Waals surface area contributed by atoms with Gasteiger partial charge in [0, 0.05) is 12.0 Å². The lowest BCUT2D eigenvalue weighted by atomic mass is 10.1. The van der Waals surface area contributed by atoms with Gasteiger partial charge in [-0.3, -0.25) is 0 Å². The number of hydrogen-bond acceptors (Lipinski definition) is 3. The Balaban J connectivity index is 2.29. The minimum absolute atomic E-state index is 0.0633. The van der Waals surface area contributed by atoms with Gasteiger partial charge in [0.05, 0.1) is 12.8 Å². The van der Waals surface area contributed by atoms with Gasteiger partial charge in [-0.05, 0) is 13.0 Å². The summed E-state index contributed by atoms with van der Waals surface area (Å²) in [4.78, 5) is 4.09. The van der Waals surface area contributed by atoms with Crippen molar-refractivity contribution in [2.45, 2.75) is 13.3 Å². The second kappa shape index (κ2) is 4.28. The minimum Gasteiger partial charge on any atom is -0.441 e. The highest BCUT2D eigenvalue weighted by atomic mass is 16.4. The third-order valence-corrected chi connectivity index (χ3v) is 2.18. The largest absolute Gasteiger partial charge is 0.441 e. The Hall–Kier alpha value is -1.61. The Morgan fingerprint density at radius 3 is 3.00 bits per heavy atom.